The zero-order valence-corrected chi connectivity index (χ0v) is 14.1. The Hall–Kier alpha value is -2.56. The van der Waals surface area contributed by atoms with Crippen LogP contribution in [0.15, 0.2) is 42.5 Å². The second kappa shape index (κ2) is 8.91. The molecule has 5 nitrogen and oxygen atoms in total. The Bertz CT molecular complexity index is 693. The first-order valence-corrected chi connectivity index (χ1v) is 8.15. The number of rotatable bonds is 8. The van der Waals surface area contributed by atoms with E-state index < -0.39 is 5.97 Å². The molecule has 1 atom stereocenters. The Kier molecular flexibility index (Phi) is 6.61. The molecule has 5 heteroatoms. The summed E-state index contributed by atoms with van der Waals surface area (Å²) in [5, 5.41) is 4.74. The molecular weight excluding hydrogens is 306 g/mol. The van der Waals surface area contributed by atoms with Gasteiger partial charge in [-0.05, 0) is 24.8 Å². The number of benzene rings is 2. The van der Waals surface area contributed by atoms with Crippen LogP contribution in [0.5, 0.6) is 5.75 Å². The van der Waals surface area contributed by atoms with Crippen LogP contribution in [0.2, 0.25) is 0 Å². The quantitative estimate of drug-likeness (QED) is 0.756. The molecule has 2 aromatic carbocycles. The third-order valence-electron chi connectivity index (χ3n) is 3.59. The highest BCUT2D eigenvalue weighted by Crippen LogP contribution is 2.24. The smallest absolute Gasteiger partial charge is 0.344 e. The van der Waals surface area contributed by atoms with Crippen LogP contribution < -0.4 is 10.1 Å². The number of ether oxygens (including phenoxy) is 2. The van der Waals surface area contributed by atoms with Crippen molar-refractivity contribution < 1.29 is 19.1 Å². The fraction of sp³-hybridized carbons (Fsp3) is 0.368. The van der Waals surface area contributed by atoms with Crippen LogP contribution in [0.3, 0.4) is 0 Å². The van der Waals surface area contributed by atoms with Gasteiger partial charge in [0.15, 0.2) is 13.2 Å². The maximum atomic E-state index is 11.7. The van der Waals surface area contributed by atoms with E-state index in [1.807, 2.05) is 50.2 Å². The maximum Gasteiger partial charge on any atom is 0.344 e. The summed E-state index contributed by atoms with van der Waals surface area (Å²) in [6, 6.07) is 13.5. The van der Waals surface area contributed by atoms with Crippen LogP contribution >= 0.6 is 0 Å². The summed E-state index contributed by atoms with van der Waals surface area (Å²) in [5.74, 6) is -0.248. The molecule has 0 saturated carbocycles. The van der Waals surface area contributed by atoms with Crippen LogP contribution in [-0.2, 0) is 14.3 Å². The van der Waals surface area contributed by atoms with Gasteiger partial charge in [0.25, 0.3) is 5.91 Å². The molecule has 0 saturated heterocycles. The summed E-state index contributed by atoms with van der Waals surface area (Å²) in [7, 11) is 0. The zero-order chi connectivity index (χ0) is 17.4. The van der Waals surface area contributed by atoms with E-state index in [1.165, 1.54) is 0 Å². The molecule has 2 rings (SSSR count). The Labute approximate surface area is 141 Å². The van der Waals surface area contributed by atoms with E-state index in [1.54, 1.807) is 6.07 Å². The molecule has 24 heavy (non-hydrogen) atoms. The van der Waals surface area contributed by atoms with Gasteiger partial charge in [-0.3, -0.25) is 4.79 Å². The SMILES string of the molecule is CCCC(C)NC(=O)COC(=O)COc1cccc2ccccc12. The minimum Gasteiger partial charge on any atom is -0.481 e. The van der Waals surface area contributed by atoms with Gasteiger partial charge in [0, 0.05) is 11.4 Å². The van der Waals surface area contributed by atoms with E-state index in [4.69, 9.17) is 9.47 Å². The van der Waals surface area contributed by atoms with Crippen molar-refractivity contribution in [1.82, 2.24) is 5.32 Å². The average Bonchev–Trinajstić information content (AvgIpc) is 2.58. The van der Waals surface area contributed by atoms with Gasteiger partial charge in [-0.1, -0.05) is 49.7 Å². The monoisotopic (exact) mass is 329 g/mol. The van der Waals surface area contributed by atoms with E-state index >= 15 is 0 Å². The Morgan fingerprint density at radius 3 is 2.62 bits per heavy atom. The third kappa shape index (κ3) is 5.26. The van der Waals surface area contributed by atoms with Gasteiger partial charge in [-0.15, -0.1) is 0 Å². The summed E-state index contributed by atoms with van der Waals surface area (Å²) >= 11 is 0. The lowest BCUT2D eigenvalue weighted by Gasteiger charge is -2.13. The number of carbonyl (C=O) groups excluding carboxylic acids is 2. The zero-order valence-electron chi connectivity index (χ0n) is 14.1. The van der Waals surface area contributed by atoms with Crippen LogP contribution in [0, 0.1) is 0 Å². The second-order valence-electron chi connectivity index (χ2n) is 5.68. The van der Waals surface area contributed by atoms with Gasteiger partial charge in [-0.2, -0.15) is 0 Å². The van der Waals surface area contributed by atoms with E-state index in [0.29, 0.717) is 5.75 Å². The molecule has 1 amide bonds. The number of hydrogen-bond acceptors (Lipinski definition) is 4. The molecule has 1 N–H and O–H groups in total. The largest absolute Gasteiger partial charge is 0.481 e. The van der Waals surface area contributed by atoms with Gasteiger partial charge in [0.2, 0.25) is 0 Å². The molecule has 0 aliphatic carbocycles. The molecule has 0 radical (unpaired) electrons. The van der Waals surface area contributed by atoms with Gasteiger partial charge in [0.1, 0.15) is 5.75 Å². The topological polar surface area (TPSA) is 64.6 Å². The summed E-state index contributed by atoms with van der Waals surface area (Å²) in [4.78, 5) is 23.4. The van der Waals surface area contributed by atoms with Crippen molar-refractivity contribution in [3.63, 3.8) is 0 Å². The lowest BCUT2D eigenvalue weighted by atomic mass is 10.1. The average molecular weight is 329 g/mol. The van der Waals surface area contributed by atoms with Crippen LogP contribution in [0.4, 0.5) is 0 Å². The van der Waals surface area contributed by atoms with Gasteiger partial charge >= 0.3 is 5.97 Å². The van der Waals surface area contributed by atoms with Crippen molar-refractivity contribution in [1.29, 1.82) is 0 Å². The van der Waals surface area contributed by atoms with Crippen molar-refractivity contribution in [2.75, 3.05) is 13.2 Å². The van der Waals surface area contributed by atoms with Gasteiger partial charge in [0.05, 0.1) is 0 Å². The highest BCUT2D eigenvalue weighted by Gasteiger charge is 2.11. The lowest BCUT2D eigenvalue weighted by molar-refractivity contribution is -0.150. The molecule has 0 bridgehead atoms. The molecule has 0 spiro atoms. The summed E-state index contributed by atoms with van der Waals surface area (Å²) in [6.07, 6.45) is 1.88. The van der Waals surface area contributed by atoms with Gasteiger partial charge in [-0.25, -0.2) is 4.79 Å². The van der Waals surface area contributed by atoms with Crippen LogP contribution in [-0.4, -0.2) is 31.1 Å². The first-order chi connectivity index (χ1) is 11.6. The third-order valence-corrected chi connectivity index (χ3v) is 3.59. The first kappa shape index (κ1) is 17.8. The number of hydrogen-bond donors (Lipinski definition) is 1. The molecule has 0 fully saturated rings. The molecule has 1 unspecified atom stereocenters. The van der Waals surface area contributed by atoms with Crippen LogP contribution in [0.25, 0.3) is 10.8 Å². The standard InChI is InChI=1S/C19H23NO4/c1-3-7-14(2)20-18(21)12-24-19(22)13-23-17-11-6-9-15-8-4-5-10-16(15)17/h4-6,8-11,14H,3,7,12-13H2,1-2H3,(H,20,21). The molecule has 0 aliphatic heterocycles. The summed E-state index contributed by atoms with van der Waals surface area (Å²) in [6.45, 7) is 3.46. The second-order valence-corrected chi connectivity index (χ2v) is 5.68. The minimum atomic E-state index is -0.568. The van der Waals surface area contributed by atoms with E-state index in [9.17, 15) is 9.59 Å². The first-order valence-electron chi connectivity index (χ1n) is 8.15. The lowest BCUT2D eigenvalue weighted by Crippen LogP contribution is -2.36. The molecule has 2 aromatic rings. The normalized spacial score (nSPS) is 11.8. The predicted molar refractivity (Wildman–Crippen MR) is 92.9 cm³/mol. The number of carbonyl (C=O) groups is 2. The fourth-order valence-electron chi connectivity index (χ4n) is 2.47. The molecule has 0 aromatic heterocycles. The number of fused-ring (bicyclic) bond motifs is 1. The van der Waals surface area contributed by atoms with Crippen molar-refractivity contribution in [2.24, 2.45) is 0 Å². The van der Waals surface area contributed by atoms with E-state index in [0.717, 1.165) is 23.6 Å². The van der Waals surface area contributed by atoms with Crippen molar-refractivity contribution >= 4 is 22.6 Å². The number of nitrogens with one attached hydrogen (secondary N) is 1. The van der Waals surface area contributed by atoms with Crippen molar-refractivity contribution in [2.45, 2.75) is 32.7 Å². The molecule has 0 heterocycles. The Morgan fingerprint density at radius 2 is 1.83 bits per heavy atom. The van der Waals surface area contributed by atoms with Crippen LogP contribution in [0.1, 0.15) is 26.7 Å². The van der Waals surface area contributed by atoms with Crippen molar-refractivity contribution in [3.8, 4) is 5.75 Å². The summed E-state index contributed by atoms with van der Waals surface area (Å²) < 4.78 is 10.5. The van der Waals surface area contributed by atoms with Crippen molar-refractivity contribution in [3.05, 3.63) is 42.5 Å². The highest BCUT2D eigenvalue weighted by atomic mass is 16.6. The highest BCUT2D eigenvalue weighted by molar-refractivity contribution is 5.88. The number of esters is 1. The van der Waals surface area contributed by atoms with E-state index in [2.05, 4.69) is 5.32 Å². The number of amides is 1. The van der Waals surface area contributed by atoms with E-state index in [-0.39, 0.29) is 25.2 Å². The predicted octanol–water partition coefficient (Wildman–Crippen LogP) is 3.07. The Balaban J connectivity index is 1.80. The minimum absolute atomic E-state index is 0.0770. The Morgan fingerprint density at radius 1 is 1.08 bits per heavy atom. The molecule has 0 aliphatic rings. The van der Waals surface area contributed by atoms with Gasteiger partial charge < -0.3 is 14.8 Å². The molecular formula is C19H23NO4. The molecule has 128 valence electrons. The fourth-order valence-corrected chi connectivity index (χ4v) is 2.47. The summed E-state index contributed by atoms with van der Waals surface area (Å²) in [5.41, 5.74) is 0. The maximum absolute atomic E-state index is 11.7.